The molecule has 2 heterocycles. The Bertz CT molecular complexity index is 867. The number of hydrogen-bond donors (Lipinski definition) is 2. The number of anilines is 1. The summed E-state index contributed by atoms with van der Waals surface area (Å²) in [5.74, 6) is 6.34. The summed E-state index contributed by atoms with van der Waals surface area (Å²) in [6, 6.07) is 12.8. The van der Waals surface area contributed by atoms with E-state index in [-0.39, 0.29) is 11.8 Å². The second-order valence-corrected chi connectivity index (χ2v) is 5.21. The summed E-state index contributed by atoms with van der Waals surface area (Å²) in [4.78, 5) is 26.5. The molecular weight excluding hydrogens is 316 g/mol. The Kier molecular flexibility index (Phi) is 4.31. The van der Waals surface area contributed by atoms with Crippen molar-refractivity contribution < 1.29 is 0 Å². The predicted octanol–water partition coefficient (Wildman–Crippen LogP) is 1.76. The van der Waals surface area contributed by atoms with Gasteiger partial charge in [0.05, 0.1) is 6.54 Å². The van der Waals surface area contributed by atoms with Crippen LogP contribution < -0.4 is 16.5 Å². The van der Waals surface area contributed by atoms with E-state index < -0.39 is 5.69 Å². The van der Waals surface area contributed by atoms with Crippen molar-refractivity contribution in [2.45, 2.75) is 6.54 Å². The van der Waals surface area contributed by atoms with E-state index in [1.807, 2.05) is 30.3 Å². The van der Waals surface area contributed by atoms with Crippen LogP contribution in [0.2, 0.25) is 5.02 Å². The van der Waals surface area contributed by atoms with Crippen LogP contribution in [-0.2, 0) is 6.54 Å². The van der Waals surface area contributed by atoms with Crippen molar-refractivity contribution in [2.24, 2.45) is 5.84 Å². The number of pyridine rings is 1. The van der Waals surface area contributed by atoms with Gasteiger partial charge >= 0.3 is 5.69 Å². The van der Waals surface area contributed by atoms with Gasteiger partial charge < -0.3 is 0 Å². The lowest BCUT2D eigenvalue weighted by atomic mass is 10.2. The van der Waals surface area contributed by atoms with Crippen molar-refractivity contribution >= 4 is 17.5 Å². The average Bonchev–Trinajstić information content (AvgIpc) is 2.55. The van der Waals surface area contributed by atoms with E-state index in [1.165, 1.54) is 11.2 Å². The molecule has 0 bridgehead atoms. The quantitative estimate of drug-likeness (QED) is 0.559. The van der Waals surface area contributed by atoms with Crippen molar-refractivity contribution in [1.29, 1.82) is 0 Å². The fourth-order valence-corrected chi connectivity index (χ4v) is 2.17. The summed E-state index contributed by atoms with van der Waals surface area (Å²) in [6.45, 7) is 0.368. The molecule has 8 heteroatoms. The summed E-state index contributed by atoms with van der Waals surface area (Å²) in [5.41, 5.74) is 0.850. The Morgan fingerprint density at radius 3 is 2.70 bits per heavy atom. The van der Waals surface area contributed by atoms with Crippen LogP contribution in [0, 0.1) is 0 Å². The smallest absolute Gasteiger partial charge is 0.288 e. The predicted molar refractivity (Wildman–Crippen MR) is 87.7 cm³/mol. The minimum absolute atomic E-state index is 0.106. The summed E-state index contributed by atoms with van der Waals surface area (Å²) < 4.78 is 0. The number of rotatable bonds is 4. The molecule has 0 atom stereocenters. The van der Waals surface area contributed by atoms with Crippen LogP contribution >= 0.6 is 11.6 Å². The highest BCUT2D eigenvalue weighted by Crippen LogP contribution is 2.17. The Balaban J connectivity index is 1.93. The molecule has 1 aromatic carbocycles. The van der Waals surface area contributed by atoms with Crippen LogP contribution in [0.3, 0.4) is 0 Å². The number of H-pyrrole nitrogens is 1. The number of aromatic nitrogens is 4. The van der Waals surface area contributed by atoms with Gasteiger partial charge in [-0.2, -0.15) is 9.97 Å². The third-order valence-corrected chi connectivity index (χ3v) is 3.29. The van der Waals surface area contributed by atoms with Crippen molar-refractivity contribution in [3.63, 3.8) is 0 Å². The van der Waals surface area contributed by atoms with Gasteiger partial charge in [-0.1, -0.05) is 41.9 Å². The van der Waals surface area contributed by atoms with E-state index in [4.69, 9.17) is 17.4 Å². The lowest BCUT2D eigenvalue weighted by Crippen LogP contribution is -2.34. The zero-order valence-electron chi connectivity index (χ0n) is 12.0. The first-order valence-corrected chi connectivity index (χ1v) is 7.16. The molecule has 116 valence electrons. The van der Waals surface area contributed by atoms with Gasteiger partial charge in [-0.05, 0) is 17.7 Å². The molecule has 0 spiro atoms. The molecule has 7 nitrogen and oxygen atoms in total. The van der Waals surface area contributed by atoms with Gasteiger partial charge in [0.2, 0.25) is 5.95 Å². The maximum atomic E-state index is 11.8. The monoisotopic (exact) mass is 328 g/mol. The highest BCUT2D eigenvalue weighted by atomic mass is 35.5. The molecule has 3 N–H and O–H groups in total. The molecule has 0 fully saturated rings. The first kappa shape index (κ1) is 15.1. The molecule has 0 aliphatic carbocycles. The highest BCUT2D eigenvalue weighted by Gasteiger charge is 2.11. The van der Waals surface area contributed by atoms with E-state index in [1.54, 1.807) is 12.1 Å². The SMILES string of the molecule is NN(Cc1ccccc1)c1nc(-c2cc(Cl)ccn2)[nH]c(=O)n1. The van der Waals surface area contributed by atoms with E-state index in [0.717, 1.165) is 5.56 Å². The fraction of sp³-hybridized carbons (Fsp3) is 0.0667. The van der Waals surface area contributed by atoms with Crippen LogP contribution in [0.5, 0.6) is 0 Å². The number of nitrogens with one attached hydrogen (secondary N) is 1. The number of nitrogens with two attached hydrogens (primary N) is 1. The largest absolute Gasteiger partial charge is 0.349 e. The second kappa shape index (κ2) is 6.55. The molecule has 0 aliphatic heterocycles. The van der Waals surface area contributed by atoms with Crippen LogP contribution in [0.1, 0.15) is 5.56 Å². The molecule has 0 unspecified atom stereocenters. The first-order valence-electron chi connectivity index (χ1n) is 6.78. The van der Waals surface area contributed by atoms with Crippen LogP contribution in [0.25, 0.3) is 11.5 Å². The van der Waals surface area contributed by atoms with Crippen molar-refractivity contribution in [1.82, 2.24) is 19.9 Å². The molecule has 3 aromatic rings. The van der Waals surface area contributed by atoms with Gasteiger partial charge in [-0.25, -0.2) is 10.6 Å². The van der Waals surface area contributed by atoms with Crippen molar-refractivity contribution in [2.75, 3.05) is 5.01 Å². The Morgan fingerprint density at radius 1 is 1.17 bits per heavy atom. The minimum Gasteiger partial charge on any atom is -0.288 e. The molecule has 0 saturated heterocycles. The van der Waals surface area contributed by atoms with Gasteiger partial charge in [0.1, 0.15) is 5.69 Å². The average molecular weight is 329 g/mol. The Labute approximate surface area is 136 Å². The van der Waals surface area contributed by atoms with Crippen LogP contribution in [-0.4, -0.2) is 19.9 Å². The zero-order chi connectivity index (χ0) is 16.2. The summed E-state index contributed by atoms with van der Waals surface area (Å²) >= 11 is 5.93. The van der Waals surface area contributed by atoms with E-state index in [0.29, 0.717) is 17.3 Å². The first-order chi connectivity index (χ1) is 11.1. The second-order valence-electron chi connectivity index (χ2n) is 4.78. The number of benzene rings is 1. The molecule has 3 rings (SSSR count). The number of hydrogen-bond acceptors (Lipinski definition) is 6. The summed E-state index contributed by atoms with van der Waals surface area (Å²) in [5, 5.41) is 1.79. The topological polar surface area (TPSA) is 101 Å². The van der Waals surface area contributed by atoms with E-state index >= 15 is 0 Å². The minimum atomic E-state index is -0.560. The van der Waals surface area contributed by atoms with E-state index in [9.17, 15) is 4.79 Å². The fourth-order valence-electron chi connectivity index (χ4n) is 2.01. The Morgan fingerprint density at radius 2 is 1.96 bits per heavy atom. The maximum Gasteiger partial charge on any atom is 0.349 e. The zero-order valence-corrected chi connectivity index (χ0v) is 12.7. The number of hydrazine groups is 1. The van der Waals surface area contributed by atoms with Crippen LogP contribution in [0.15, 0.2) is 53.5 Å². The number of nitrogens with zero attached hydrogens (tertiary/aromatic N) is 4. The van der Waals surface area contributed by atoms with Gasteiger partial charge in [0, 0.05) is 11.2 Å². The summed E-state index contributed by atoms with van der Waals surface area (Å²) in [7, 11) is 0. The molecule has 23 heavy (non-hydrogen) atoms. The normalized spacial score (nSPS) is 10.5. The standard InChI is InChI=1S/C15H13ClN6O/c16-11-6-7-18-12(8-11)13-19-14(21-15(23)20-13)22(17)9-10-4-2-1-3-5-10/h1-8H,9,17H2,(H,19,20,21,23). The third-order valence-electron chi connectivity index (χ3n) is 3.06. The molecule has 0 saturated carbocycles. The van der Waals surface area contributed by atoms with E-state index in [2.05, 4.69) is 19.9 Å². The van der Waals surface area contributed by atoms with Gasteiger partial charge in [0.25, 0.3) is 0 Å². The highest BCUT2D eigenvalue weighted by molar-refractivity contribution is 6.30. The van der Waals surface area contributed by atoms with Gasteiger partial charge in [-0.3, -0.25) is 15.0 Å². The number of halogens is 1. The van der Waals surface area contributed by atoms with Crippen molar-refractivity contribution in [3.8, 4) is 11.5 Å². The molecule has 0 amide bonds. The van der Waals surface area contributed by atoms with Crippen LogP contribution in [0.4, 0.5) is 5.95 Å². The Hall–Kier alpha value is -2.77. The van der Waals surface area contributed by atoms with Crippen molar-refractivity contribution in [3.05, 3.63) is 69.7 Å². The lowest BCUT2D eigenvalue weighted by Gasteiger charge is -2.16. The van der Waals surface area contributed by atoms with Gasteiger partial charge in [0.15, 0.2) is 5.82 Å². The maximum absolute atomic E-state index is 11.8. The lowest BCUT2D eigenvalue weighted by molar-refractivity contribution is 0.790. The van der Waals surface area contributed by atoms with Gasteiger partial charge in [-0.15, -0.1) is 0 Å². The number of aromatic amines is 1. The molecule has 2 aromatic heterocycles. The molecule has 0 aliphatic rings. The third kappa shape index (κ3) is 3.71. The summed E-state index contributed by atoms with van der Waals surface area (Å²) in [6.07, 6.45) is 1.53. The molecular formula is C15H13ClN6O. The molecule has 0 radical (unpaired) electrons.